The summed E-state index contributed by atoms with van der Waals surface area (Å²) in [7, 11) is 1.42. The molecule has 3 aromatic carbocycles. The molecule has 1 heterocycles. The van der Waals surface area contributed by atoms with Crippen molar-refractivity contribution in [3.8, 4) is 17.6 Å². The van der Waals surface area contributed by atoms with Crippen molar-refractivity contribution in [1.29, 1.82) is 5.26 Å². The summed E-state index contributed by atoms with van der Waals surface area (Å²) in [6.07, 6.45) is 1.57. The zero-order valence-corrected chi connectivity index (χ0v) is 18.8. The lowest BCUT2D eigenvalue weighted by molar-refractivity contribution is -0.386. The average molecular weight is 454 g/mol. The van der Waals surface area contributed by atoms with Gasteiger partial charge in [0.2, 0.25) is 5.75 Å². The van der Waals surface area contributed by atoms with Gasteiger partial charge in [0.25, 0.3) is 0 Å². The van der Waals surface area contributed by atoms with Gasteiger partial charge in [-0.25, -0.2) is 4.98 Å². The molecule has 0 radical (unpaired) electrons. The molecule has 0 amide bonds. The molecule has 0 atom stereocenters. The summed E-state index contributed by atoms with van der Waals surface area (Å²) in [5.41, 5.74) is 3.02. The molecule has 0 bridgehead atoms. The predicted molar refractivity (Wildman–Crippen MR) is 129 cm³/mol. The molecule has 4 rings (SSSR count). The third-order valence-electron chi connectivity index (χ3n) is 5.34. The molecular weight excluding hydrogens is 432 g/mol. The Labute approximate surface area is 196 Å². The molecule has 0 saturated heterocycles. The van der Waals surface area contributed by atoms with E-state index in [-0.39, 0.29) is 29.4 Å². The number of benzene rings is 3. The van der Waals surface area contributed by atoms with Gasteiger partial charge in [0, 0.05) is 12.6 Å². The van der Waals surface area contributed by atoms with Gasteiger partial charge >= 0.3 is 5.69 Å². The Morgan fingerprint density at radius 2 is 1.91 bits per heavy atom. The smallest absolute Gasteiger partial charge is 0.315 e. The summed E-state index contributed by atoms with van der Waals surface area (Å²) in [6.45, 7) is 2.74. The van der Waals surface area contributed by atoms with Gasteiger partial charge in [0.15, 0.2) is 11.6 Å². The minimum absolute atomic E-state index is 0.0350. The van der Waals surface area contributed by atoms with Crippen LogP contribution < -0.4 is 9.47 Å². The van der Waals surface area contributed by atoms with E-state index in [2.05, 4.69) is 11.1 Å². The van der Waals surface area contributed by atoms with Crippen LogP contribution in [0.15, 0.2) is 66.7 Å². The zero-order valence-electron chi connectivity index (χ0n) is 18.8. The largest absolute Gasteiger partial charge is 0.493 e. The summed E-state index contributed by atoms with van der Waals surface area (Å²) >= 11 is 0. The van der Waals surface area contributed by atoms with Crippen LogP contribution in [0.3, 0.4) is 0 Å². The fraction of sp³-hybridized carbons (Fsp3) is 0.154. The van der Waals surface area contributed by atoms with Crippen molar-refractivity contribution >= 4 is 28.4 Å². The number of nitrogens with zero attached hydrogens (tertiary/aromatic N) is 4. The maximum absolute atomic E-state index is 11.9. The lowest BCUT2D eigenvalue weighted by Crippen LogP contribution is -2.02. The molecular formula is C26H22N4O4. The molecule has 0 saturated carbocycles. The first-order chi connectivity index (χ1) is 16.5. The van der Waals surface area contributed by atoms with Crippen molar-refractivity contribution in [2.24, 2.45) is 0 Å². The summed E-state index contributed by atoms with van der Waals surface area (Å²) in [4.78, 5) is 16.0. The van der Waals surface area contributed by atoms with Gasteiger partial charge in [-0.2, -0.15) is 5.26 Å². The number of imidazole rings is 1. The Kier molecular flexibility index (Phi) is 6.55. The molecule has 8 heteroatoms. The molecule has 4 aromatic rings. The number of allylic oxidation sites excluding steroid dienone is 1. The van der Waals surface area contributed by atoms with E-state index in [1.165, 1.54) is 13.2 Å². The van der Waals surface area contributed by atoms with Gasteiger partial charge < -0.3 is 14.0 Å². The number of hydrogen-bond donors (Lipinski definition) is 0. The number of rotatable bonds is 8. The van der Waals surface area contributed by atoms with Gasteiger partial charge in [-0.3, -0.25) is 10.1 Å². The van der Waals surface area contributed by atoms with E-state index >= 15 is 0 Å². The van der Waals surface area contributed by atoms with Crippen LogP contribution in [0.2, 0.25) is 0 Å². The molecule has 0 N–H and O–H groups in total. The number of aryl methyl sites for hydroxylation is 1. The van der Waals surface area contributed by atoms with E-state index in [1.54, 1.807) is 12.1 Å². The van der Waals surface area contributed by atoms with E-state index in [4.69, 9.17) is 9.47 Å². The summed E-state index contributed by atoms with van der Waals surface area (Å²) in [5, 5.41) is 21.8. The van der Waals surface area contributed by atoms with Crippen molar-refractivity contribution in [2.75, 3.05) is 7.11 Å². The van der Waals surface area contributed by atoms with Crippen LogP contribution in [0.4, 0.5) is 5.69 Å². The molecule has 0 aliphatic rings. The minimum atomic E-state index is -0.520. The molecule has 1 aromatic heterocycles. The maximum Gasteiger partial charge on any atom is 0.315 e. The Balaban J connectivity index is 1.77. The first kappa shape index (κ1) is 22.6. The monoisotopic (exact) mass is 454 g/mol. The molecule has 170 valence electrons. The van der Waals surface area contributed by atoms with Crippen molar-refractivity contribution in [1.82, 2.24) is 9.55 Å². The number of ether oxygens (including phenoxy) is 2. The Morgan fingerprint density at radius 3 is 2.59 bits per heavy atom. The normalized spacial score (nSPS) is 11.3. The van der Waals surface area contributed by atoms with Crippen LogP contribution in [-0.2, 0) is 13.2 Å². The van der Waals surface area contributed by atoms with Crippen LogP contribution in [0, 0.1) is 21.4 Å². The maximum atomic E-state index is 11.9. The third kappa shape index (κ3) is 4.45. The van der Waals surface area contributed by atoms with E-state index < -0.39 is 4.92 Å². The number of fused-ring (bicyclic) bond motifs is 1. The van der Waals surface area contributed by atoms with E-state index in [1.807, 2.05) is 66.1 Å². The number of nitro groups is 1. The molecule has 34 heavy (non-hydrogen) atoms. The lowest BCUT2D eigenvalue weighted by Gasteiger charge is -2.12. The molecule has 0 unspecified atom stereocenters. The molecule has 8 nitrogen and oxygen atoms in total. The molecule has 0 fully saturated rings. The van der Waals surface area contributed by atoms with E-state index in [9.17, 15) is 15.4 Å². The second-order valence-corrected chi connectivity index (χ2v) is 7.44. The zero-order chi connectivity index (χ0) is 24.1. The number of nitriles is 1. The molecule has 0 spiro atoms. The van der Waals surface area contributed by atoms with Gasteiger partial charge in [0.1, 0.15) is 12.7 Å². The summed E-state index contributed by atoms with van der Waals surface area (Å²) in [6, 6.07) is 22.2. The Morgan fingerprint density at radius 1 is 1.18 bits per heavy atom. The summed E-state index contributed by atoms with van der Waals surface area (Å²) in [5.74, 6) is 0.739. The second kappa shape index (κ2) is 9.88. The van der Waals surface area contributed by atoms with Crippen LogP contribution >= 0.6 is 0 Å². The topological polar surface area (TPSA) is 103 Å². The number of para-hydroxylation sites is 2. The fourth-order valence-corrected chi connectivity index (χ4v) is 3.77. The van der Waals surface area contributed by atoms with Crippen molar-refractivity contribution in [2.45, 2.75) is 20.1 Å². The number of methoxy groups -OCH3 is 1. The van der Waals surface area contributed by atoms with Crippen LogP contribution in [-0.4, -0.2) is 21.6 Å². The fourth-order valence-electron chi connectivity index (χ4n) is 3.77. The highest BCUT2D eigenvalue weighted by Gasteiger charge is 2.23. The van der Waals surface area contributed by atoms with Crippen LogP contribution in [0.1, 0.15) is 23.9 Å². The first-order valence-electron chi connectivity index (χ1n) is 10.7. The summed E-state index contributed by atoms with van der Waals surface area (Å²) < 4.78 is 13.1. The highest BCUT2D eigenvalue weighted by molar-refractivity contribution is 5.91. The third-order valence-corrected chi connectivity index (χ3v) is 5.34. The SMILES string of the molecule is CCn1c(/C(C#N)=C\c2cc(OC)c(OCc3ccccc3)c([N+](=O)[O-])c2)nc2ccccc21. The van der Waals surface area contributed by atoms with Crippen LogP contribution in [0.5, 0.6) is 11.5 Å². The second-order valence-electron chi connectivity index (χ2n) is 7.44. The van der Waals surface area contributed by atoms with Crippen molar-refractivity contribution < 1.29 is 14.4 Å². The molecule has 0 aliphatic carbocycles. The number of nitro benzene ring substituents is 1. The standard InChI is InChI=1S/C26H22N4O4/c1-3-29-22-12-8-7-11-21(22)28-26(29)20(16-27)13-19-14-23(30(31)32)25(24(15-19)33-2)34-17-18-9-5-4-6-10-18/h4-15H,3,17H2,1-2H3/b20-13-. The van der Waals surface area contributed by atoms with Crippen LogP contribution in [0.25, 0.3) is 22.7 Å². The highest BCUT2D eigenvalue weighted by Crippen LogP contribution is 2.39. The average Bonchev–Trinajstić information content (AvgIpc) is 3.24. The van der Waals surface area contributed by atoms with Gasteiger partial charge in [-0.1, -0.05) is 42.5 Å². The van der Waals surface area contributed by atoms with Crippen molar-refractivity contribution in [3.05, 3.63) is 93.8 Å². The van der Waals surface area contributed by atoms with Gasteiger partial charge in [-0.05, 0) is 42.3 Å². The minimum Gasteiger partial charge on any atom is -0.493 e. The quantitative estimate of drug-likeness (QED) is 0.195. The van der Waals surface area contributed by atoms with E-state index in [0.717, 1.165) is 16.6 Å². The van der Waals surface area contributed by atoms with Gasteiger partial charge in [-0.15, -0.1) is 0 Å². The van der Waals surface area contributed by atoms with Crippen molar-refractivity contribution in [3.63, 3.8) is 0 Å². The highest BCUT2D eigenvalue weighted by atomic mass is 16.6. The Hall–Kier alpha value is -4.64. The number of aromatic nitrogens is 2. The number of hydrogen-bond acceptors (Lipinski definition) is 6. The van der Waals surface area contributed by atoms with E-state index in [0.29, 0.717) is 17.9 Å². The first-order valence-corrected chi connectivity index (χ1v) is 10.7. The van der Waals surface area contributed by atoms with Gasteiger partial charge in [0.05, 0.1) is 28.6 Å². The Bertz CT molecular complexity index is 1420. The predicted octanol–water partition coefficient (Wildman–Crippen LogP) is 5.62. The lowest BCUT2D eigenvalue weighted by atomic mass is 10.1. The molecule has 0 aliphatic heterocycles.